The number of allylic oxidation sites excluding steroid dienone is 1. The third-order valence-corrected chi connectivity index (χ3v) is 3.61. The molecule has 1 spiro atoms. The highest BCUT2D eigenvalue weighted by Gasteiger charge is 2.55. The van der Waals surface area contributed by atoms with Gasteiger partial charge in [-0.05, 0) is 17.7 Å². The highest BCUT2D eigenvalue weighted by atomic mass is 16.2. The van der Waals surface area contributed by atoms with Gasteiger partial charge in [-0.3, -0.25) is 9.36 Å². The van der Waals surface area contributed by atoms with E-state index in [0.717, 1.165) is 17.0 Å². The Labute approximate surface area is 90.1 Å². The number of amides is 1. The fourth-order valence-corrected chi connectivity index (χ4v) is 2.88. The lowest BCUT2D eigenvalue weighted by atomic mass is 9.83. The second kappa shape index (κ2) is 2.21. The lowest BCUT2D eigenvalue weighted by molar-refractivity contribution is -0.123. The Morgan fingerprint density at radius 3 is 3.06 bits per heavy atom. The van der Waals surface area contributed by atoms with Crippen LogP contribution in [0.4, 0.5) is 0 Å². The molecule has 3 aliphatic rings. The molecule has 2 bridgehead atoms. The number of aromatic nitrogens is 2. The van der Waals surface area contributed by atoms with E-state index in [0.29, 0.717) is 13.0 Å². The number of aliphatic imine (C=N–C) groups is 1. The Balaban J connectivity index is 2.08. The number of nitrogens with zero attached hydrogens (tertiary/aromatic N) is 3. The SMILES string of the molecule is O=C1N=C2C=C3c4ccnc(=O)n4CC13C2. The van der Waals surface area contributed by atoms with E-state index in [4.69, 9.17) is 0 Å². The van der Waals surface area contributed by atoms with Crippen molar-refractivity contribution in [2.45, 2.75) is 13.0 Å². The molecule has 1 unspecified atom stereocenters. The number of carbonyl (C=O) groups excluding carboxylic acids is 1. The molecular formula is C11H7N3O2. The molecule has 0 N–H and O–H groups in total. The normalized spacial score (nSPS) is 28.9. The monoisotopic (exact) mass is 213 g/mol. The van der Waals surface area contributed by atoms with Gasteiger partial charge in [0.25, 0.3) is 5.91 Å². The first-order valence-corrected chi connectivity index (χ1v) is 5.11. The van der Waals surface area contributed by atoms with Crippen molar-refractivity contribution in [2.75, 3.05) is 0 Å². The molecular weight excluding hydrogens is 206 g/mol. The molecule has 0 radical (unpaired) electrons. The van der Waals surface area contributed by atoms with Crippen LogP contribution in [0, 0.1) is 5.41 Å². The van der Waals surface area contributed by atoms with Crippen molar-refractivity contribution in [1.29, 1.82) is 0 Å². The molecule has 0 saturated carbocycles. The van der Waals surface area contributed by atoms with Crippen LogP contribution in [0.15, 0.2) is 28.1 Å². The average molecular weight is 213 g/mol. The lowest BCUT2D eigenvalue weighted by Crippen LogP contribution is -2.29. The Hall–Kier alpha value is -2.04. The predicted octanol–water partition coefficient (Wildman–Crippen LogP) is 0.0116. The van der Waals surface area contributed by atoms with Gasteiger partial charge in [0.2, 0.25) is 0 Å². The first kappa shape index (κ1) is 8.15. The summed E-state index contributed by atoms with van der Waals surface area (Å²) in [4.78, 5) is 31.1. The summed E-state index contributed by atoms with van der Waals surface area (Å²) >= 11 is 0. The van der Waals surface area contributed by atoms with Crippen LogP contribution in [-0.4, -0.2) is 21.2 Å². The molecule has 1 aliphatic carbocycles. The summed E-state index contributed by atoms with van der Waals surface area (Å²) in [5.41, 5.74) is 1.74. The molecule has 1 aromatic rings. The van der Waals surface area contributed by atoms with Crippen molar-refractivity contribution in [2.24, 2.45) is 10.4 Å². The summed E-state index contributed by atoms with van der Waals surface area (Å²) < 4.78 is 1.57. The lowest BCUT2D eigenvalue weighted by Gasteiger charge is -2.17. The van der Waals surface area contributed by atoms with Gasteiger partial charge in [-0.2, -0.15) is 0 Å². The van der Waals surface area contributed by atoms with Crippen LogP contribution in [0.2, 0.25) is 0 Å². The first-order valence-electron chi connectivity index (χ1n) is 5.11. The van der Waals surface area contributed by atoms with Crippen LogP contribution in [0.1, 0.15) is 12.1 Å². The van der Waals surface area contributed by atoms with Crippen LogP contribution in [0.3, 0.4) is 0 Å². The van der Waals surface area contributed by atoms with E-state index in [1.807, 2.05) is 6.08 Å². The molecule has 1 aromatic heterocycles. The molecule has 0 saturated heterocycles. The van der Waals surface area contributed by atoms with Crippen molar-refractivity contribution < 1.29 is 4.79 Å². The Morgan fingerprint density at radius 1 is 1.38 bits per heavy atom. The molecule has 1 atom stereocenters. The Bertz CT molecular complexity index is 668. The molecule has 5 nitrogen and oxygen atoms in total. The summed E-state index contributed by atoms with van der Waals surface area (Å²) in [6.45, 7) is 0.396. The maximum Gasteiger partial charge on any atom is 0.348 e. The summed E-state index contributed by atoms with van der Waals surface area (Å²) in [6, 6.07) is 1.79. The smallest absolute Gasteiger partial charge is 0.291 e. The number of hydrogen-bond acceptors (Lipinski definition) is 3. The molecule has 5 heteroatoms. The zero-order valence-corrected chi connectivity index (χ0v) is 8.30. The summed E-state index contributed by atoms with van der Waals surface area (Å²) in [5.74, 6) is -0.108. The number of dihydropyridines is 1. The maximum absolute atomic E-state index is 11.9. The van der Waals surface area contributed by atoms with Crippen molar-refractivity contribution >= 4 is 17.2 Å². The van der Waals surface area contributed by atoms with E-state index >= 15 is 0 Å². The van der Waals surface area contributed by atoms with E-state index < -0.39 is 5.41 Å². The van der Waals surface area contributed by atoms with Gasteiger partial charge in [-0.1, -0.05) is 0 Å². The van der Waals surface area contributed by atoms with Gasteiger partial charge < -0.3 is 0 Å². The van der Waals surface area contributed by atoms with Gasteiger partial charge in [0.1, 0.15) is 5.41 Å². The molecule has 1 amide bonds. The standard InChI is InChI=1S/C11H7N3O2/c15-9-11-4-6(13-9)3-7(11)8-1-2-12-10(16)14(8)5-11/h1-3H,4-5H2. The van der Waals surface area contributed by atoms with Crippen LogP contribution in [0.5, 0.6) is 0 Å². The van der Waals surface area contributed by atoms with Crippen LogP contribution in [0.25, 0.3) is 5.57 Å². The summed E-state index contributed by atoms with van der Waals surface area (Å²) in [5, 5.41) is 0. The minimum atomic E-state index is -0.579. The topological polar surface area (TPSA) is 64.3 Å². The fraction of sp³-hybridized carbons (Fsp3) is 0.273. The zero-order valence-electron chi connectivity index (χ0n) is 8.30. The zero-order chi connectivity index (χ0) is 10.9. The second-order valence-corrected chi connectivity index (χ2v) is 4.42. The Morgan fingerprint density at radius 2 is 2.25 bits per heavy atom. The number of fused-ring (bicyclic) bond motifs is 3. The molecule has 0 aromatic carbocycles. The van der Waals surface area contributed by atoms with Gasteiger partial charge in [0.15, 0.2) is 0 Å². The highest BCUT2D eigenvalue weighted by molar-refractivity contribution is 6.24. The third-order valence-electron chi connectivity index (χ3n) is 3.61. The Kier molecular flexibility index (Phi) is 1.13. The minimum Gasteiger partial charge on any atom is -0.291 e. The van der Waals surface area contributed by atoms with Crippen LogP contribution < -0.4 is 5.69 Å². The van der Waals surface area contributed by atoms with Gasteiger partial charge in [-0.15, -0.1) is 0 Å². The quantitative estimate of drug-likeness (QED) is 0.609. The van der Waals surface area contributed by atoms with Crippen molar-refractivity contribution in [3.63, 3.8) is 0 Å². The van der Waals surface area contributed by atoms with Gasteiger partial charge in [0.05, 0.1) is 5.69 Å². The third kappa shape index (κ3) is 0.680. The van der Waals surface area contributed by atoms with Gasteiger partial charge in [0, 0.05) is 24.9 Å². The molecule has 3 heterocycles. The largest absolute Gasteiger partial charge is 0.348 e. The molecule has 0 fully saturated rings. The molecule has 2 aliphatic heterocycles. The van der Waals surface area contributed by atoms with Gasteiger partial charge >= 0.3 is 5.69 Å². The number of hydrogen-bond donors (Lipinski definition) is 0. The summed E-state index contributed by atoms with van der Waals surface area (Å²) in [7, 11) is 0. The second-order valence-electron chi connectivity index (χ2n) is 4.42. The van der Waals surface area contributed by atoms with E-state index in [2.05, 4.69) is 9.98 Å². The van der Waals surface area contributed by atoms with Gasteiger partial charge in [-0.25, -0.2) is 14.8 Å². The maximum atomic E-state index is 11.9. The van der Waals surface area contributed by atoms with E-state index in [1.54, 1.807) is 10.6 Å². The molecule has 4 rings (SSSR count). The van der Waals surface area contributed by atoms with E-state index in [9.17, 15) is 9.59 Å². The first-order chi connectivity index (χ1) is 7.71. The van der Waals surface area contributed by atoms with E-state index in [1.165, 1.54) is 6.20 Å². The minimum absolute atomic E-state index is 0.108. The van der Waals surface area contributed by atoms with Crippen LogP contribution >= 0.6 is 0 Å². The predicted molar refractivity (Wildman–Crippen MR) is 56.0 cm³/mol. The molecule has 78 valence electrons. The number of rotatable bonds is 0. The van der Waals surface area contributed by atoms with Crippen molar-refractivity contribution in [3.05, 3.63) is 34.5 Å². The highest BCUT2D eigenvalue weighted by Crippen LogP contribution is 2.53. The van der Waals surface area contributed by atoms with Crippen molar-refractivity contribution in [1.82, 2.24) is 9.55 Å². The van der Waals surface area contributed by atoms with Crippen LogP contribution in [-0.2, 0) is 11.3 Å². The van der Waals surface area contributed by atoms with E-state index in [-0.39, 0.29) is 11.6 Å². The van der Waals surface area contributed by atoms with Crippen molar-refractivity contribution in [3.8, 4) is 0 Å². The average Bonchev–Trinajstić information content (AvgIpc) is 2.83. The number of carbonyl (C=O) groups is 1. The summed E-state index contributed by atoms with van der Waals surface area (Å²) in [6.07, 6.45) is 4.06. The fourth-order valence-electron chi connectivity index (χ4n) is 2.88. The molecule has 16 heavy (non-hydrogen) atoms.